The second-order valence-corrected chi connectivity index (χ2v) is 8.91. The second kappa shape index (κ2) is 5.08. The van der Waals surface area contributed by atoms with E-state index in [2.05, 4.69) is 55.4 Å². The largest absolute Gasteiger partial charge is 0.0625 e. The Labute approximate surface area is 121 Å². The van der Waals surface area contributed by atoms with E-state index in [1.165, 1.54) is 12.8 Å². The molecule has 0 radical (unpaired) electrons. The minimum atomic E-state index is 0.641. The molecule has 0 aromatic carbocycles. The minimum absolute atomic E-state index is 0.641. The highest BCUT2D eigenvalue weighted by Gasteiger charge is 2.64. The monoisotopic (exact) mass is 264 g/mol. The fourth-order valence-corrected chi connectivity index (χ4v) is 6.53. The van der Waals surface area contributed by atoms with E-state index in [1.54, 1.807) is 0 Å². The van der Waals surface area contributed by atoms with Crippen molar-refractivity contribution in [3.05, 3.63) is 0 Å². The van der Waals surface area contributed by atoms with Gasteiger partial charge < -0.3 is 0 Å². The Morgan fingerprint density at radius 1 is 0.789 bits per heavy atom. The molecule has 5 unspecified atom stereocenters. The topological polar surface area (TPSA) is 0 Å². The van der Waals surface area contributed by atoms with Crippen LogP contribution in [0.3, 0.4) is 0 Å². The van der Waals surface area contributed by atoms with Gasteiger partial charge in [-0.25, -0.2) is 0 Å². The van der Waals surface area contributed by atoms with Crippen molar-refractivity contribution in [2.75, 3.05) is 0 Å². The van der Waals surface area contributed by atoms with Gasteiger partial charge in [0, 0.05) is 0 Å². The smallest absolute Gasteiger partial charge is 0.0207 e. The Morgan fingerprint density at radius 2 is 1.37 bits per heavy atom. The third-order valence-corrected chi connectivity index (χ3v) is 6.81. The molecule has 0 spiro atoms. The first-order valence-electron chi connectivity index (χ1n) is 8.73. The molecule has 0 aromatic rings. The summed E-state index contributed by atoms with van der Waals surface area (Å²) < 4.78 is 0. The van der Waals surface area contributed by atoms with Gasteiger partial charge in [-0.1, -0.05) is 55.4 Å². The molecule has 2 fully saturated rings. The summed E-state index contributed by atoms with van der Waals surface area (Å²) in [6.07, 6.45) is 3.04. The van der Waals surface area contributed by atoms with Crippen molar-refractivity contribution in [3.63, 3.8) is 0 Å². The maximum atomic E-state index is 2.51. The molecule has 2 rings (SSSR count). The van der Waals surface area contributed by atoms with E-state index in [0.29, 0.717) is 5.41 Å². The summed E-state index contributed by atoms with van der Waals surface area (Å²) >= 11 is 0. The molecule has 0 N–H and O–H groups in total. The zero-order valence-electron chi connectivity index (χ0n) is 14.5. The Hall–Kier alpha value is 0. The molecule has 0 aliphatic heterocycles. The van der Waals surface area contributed by atoms with Crippen LogP contribution in [0, 0.1) is 52.8 Å². The van der Waals surface area contributed by atoms with Crippen LogP contribution in [0.15, 0.2) is 0 Å². The lowest BCUT2D eigenvalue weighted by Gasteiger charge is -2.52. The van der Waals surface area contributed by atoms with Crippen LogP contribution in [0.4, 0.5) is 0 Å². The van der Waals surface area contributed by atoms with E-state index in [0.717, 1.165) is 47.3 Å². The summed E-state index contributed by atoms with van der Waals surface area (Å²) in [5.74, 6) is 7.36. The quantitative estimate of drug-likeness (QED) is 0.596. The van der Waals surface area contributed by atoms with Crippen LogP contribution in [-0.4, -0.2) is 0 Å². The number of hydrogen-bond acceptors (Lipinski definition) is 0. The summed E-state index contributed by atoms with van der Waals surface area (Å²) in [5.41, 5.74) is 0.641. The predicted molar refractivity (Wildman–Crippen MR) is 85.0 cm³/mol. The van der Waals surface area contributed by atoms with Gasteiger partial charge in [-0.2, -0.15) is 0 Å². The number of hydrogen-bond donors (Lipinski definition) is 0. The highest BCUT2D eigenvalue weighted by molar-refractivity contribution is 5.12. The van der Waals surface area contributed by atoms with E-state index in [4.69, 9.17) is 0 Å². The van der Waals surface area contributed by atoms with E-state index in [1.807, 2.05) is 0 Å². The first-order valence-corrected chi connectivity index (χ1v) is 8.73. The summed E-state index contributed by atoms with van der Waals surface area (Å²) in [6.45, 7) is 19.9. The number of rotatable bonds is 4. The third-order valence-electron chi connectivity index (χ3n) is 6.81. The first-order chi connectivity index (χ1) is 8.73. The standard InChI is InChI=1S/C19H36/c1-11(2)16-9-15-10-19(16,14(7)8)18(13(5)6)17(15)12(3)4/h11-18H,9-10H2,1-8H3. The van der Waals surface area contributed by atoms with Crippen molar-refractivity contribution < 1.29 is 0 Å². The molecule has 2 saturated carbocycles. The van der Waals surface area contributed by atoms with Crippen molar-refractivity contribution in [3.8, 4) is 0 Å². The zero-order valence-corrected chi connectivity index (χ0v) is 14.5. The molecule has 19 heavy (non-hydrogen) atoms. The van der Waals surface area contributed by atoms with Gasteiger partial charge in [0.15, 0.2) is 0 Å². The fourth-order valence-electron chi connectivity index (χ4n) is 6.53. The molecule has 0 saturated heterocycles. The molecule has 5 atom stereocenters. The molecule has 0 nitrogen and oxygen atoms in total. The summed E-state index contributed by atoms with van der Waals surface area (Å²) in [5, 5.41) is 0. The van der Waals surface area contributed by atoms with E-state index < -0.39 is 0 Å². The van der Waals surface area contributed by atoms with Crippen LogP contribution < -0.4 is 0 Å². The molecule has 112 valence electrons. The molecular formula is C19H36. The van der Waals surface area contributed by atoms with Gasteiger partial charge in [0.2, 0.25) is 0 Å². The highest BCUT2D eigenvalue weighted by atomic mass is 14.7. The highest BCUT2D eigenvalue weighted by Crippen LogP contribution is 2.70. The van der Waals surface area contributed by atoms with Gasteiger partial charge in [-0.05, 0) is 65.6 Å². The molecule has 2 aliphatic carbocycles. The van der Waals surface area contributed by atoms with Crippen LogP contribution in [0.2, 0.25) is 0 Å². The maximum Gasteiger partial charge on any atom is -0.0207 e. The second-order valence-electron chi connectivity index (χ2n) is 8.91. The van der Waals surface area contributed by atoms with Gasteiger partial charge in [0.1, 0.15) is 0 Å². The van der Waals surface area contributed by atoms with Gasteiger partial charge >= 0.3 is 0 Å². The fraction of sp³-hybridized carbons (Fsp3) is 1.00. The van der Waals surface area contributed by atoms with Crippen molar-refractivity contribution in [2.45, 2.75) is 68.2 Å². The van der Waals surface area contributed by atoms with Gasteiger partial charge in [-0.15, -0.1) is 0 Å². The van der Waals surface area contributed by atoms with Gasteiger partial charge in [-0.3, -0.25) is 0 Å². The lowest BCUT2D eigenvalue weighted by Crippen LogP contribution is -2.47. The lowest BCUT2D eigenvalue weighted by molar-refractivity contribution is -0.0412. The normalized spacial score (nSPS) is 42.3. The number of fused-ring (bicyclic) bond motifs is 2. The molecule has 0 amide bonds. The van der Waals surface area contributed by atoms with Crippen LogP contribution in [0.5, 0.6) is 0 Å². The van der Waals surface area contributed by atoms with E-state index in [-0.39, 0.29) is 0 Å². The van der Waals surface area contributed by atoms with Crippen LogP contribution in [-0.2, 0) is 0 Å². The Bertz CT molecular complexity index is 306. The summed E-state index contributed by atoms with van der Waals surface area (Å²) in [7, 11) is 0. The Kier molecular flexibility index (Phi) is 4.11. The first kappa shape index (κ1) is 15.4. The van der Waals surface area contributed by atoms with Crippen molar-refractivity contribution in [2.24, 2.45) is 52.8 Å². The SMILES string of the molecule is CC(C)C1C2CC(C(C)C)C(C(C)C)(C2)C1C(C)C. The molecular weight excluding hydrogens is 228 g/mol. The van der Waals surface area contributed by atoms with Crippen LogP contribution in [0.25, 0.3) is 0 Å². The van der Waals surface area contributed by atoms with Crippen LogP contribution in [0.1, 0.15) is 68.2 Å². The molecule has 0 heteroatoms. The van der Waals surface area contributed by atoms with Crippen molar-refractivity contribution in [1.82, 2.24) is 0 Å². The molecule has 2 aliphatic rings. The minimum Gasteiger partial charge on any atom is -0.0625 e. The van der Waals surface area contributed by atoms with Crippen molar-refractivity contribution in [1.29, 1.82) is 0 Å². The van der Waals surface area contributed by atoms with Gasteiger partial charge in [0.25, 0.3) is 0 Å². The molecule has 2 bridgehead atoms. The zero-order chi connectivity index (χ0) is 14.5. The van der Waals surface area contributed by atoms with Crippen LogP contribution >= 0.6 is 0 Å². The molecule has 0 heterocycles. The lowest BCUT2D eigenvalue weighted by atomic mass is 9.53. The summed E-state index contributed by atoms with van der Waals surface area (Å²) in [4.78, 5) is 0. The third kappa shape index (κ3) is 2.09. The Morgan fingerprint density at radius 3 is 1.74 bits per heavy atom. The van der Waals surface area contributed by atoms with E-state index >= 15 is 0 Å². The van der Waals surface area contributed by atoms with Crippen molar-refractivity contribution >= 4 is 0 Å². The average molecular weight is 264 g/mol. The maximum absolute atomic E-state index is 2.51. The average Bonchev–Trinajstić information content (AvgIpc) is 2.81. The summed E-state index contributed by atoms with van der Waals surface area (Å²) in [6, 6.07) is 0. The predicted octanol–water partition coefficient (Wildman–Crippen LogP) is 5.87. The van der Waals surface area contributed by atoms with Gasteiger partial charge in [0.05, 0.1) is 0 Å². The van der Waals surface area contributed by atoms with E-state index in [9.17, 15) is 0 Å². The Balaban J connectivity index is 2.45. The molecule has 0 aromatic heterocycles.